The van der Waals surface area contributed by atoms with Gasteiger partial charge in [0.1, 0.15) is 11.0 Å². The van der Waals surface area contributed by atoms with Crippen LogP contribution in [0.1, 0.15) is 5.56 Å². The quantitative estimate of drug-likeness (QED) is 0.300. The van der Waals surface area contributed by atoms with E-state index < -0.39 is 0 Å². The summed E-state index contributed by atoms with van der Waals surface area (Å²) in [6.07, 6.45) is 3.85. The number of para-hydroxylation sites is 2. The number of benzene rings is 3. The minimum Gasteiger partial charge on any atom is -0.307 e. The highest BCUT2D eigenvalue weighted by molar-refractivity contribution is 6.21. The van der Waals surface area contributed by atoms with Crippen LogP contribution >= 0.6 is 0 Å². The maximum atomic E-state index is 4.96. The van der Waals surface area contributed by atoms with Crippen LogP contribution in [0.5, 0.6) is 0 Å². The lowest BCUT2D eigenvalue weighted by molar-refractivity contribution is 1.14. The summed E-state index contributed by atoms with van der Waals surface area (Å²) in [6, 6.07) is 31.9. The molecule has 0 unspecified atom stereocenters. The summed E-state index contributed by atoms with van der Waals surface area (Å²) >= 11 is 0. The van der Waals surface area contributed by atoms with Gasteiger partial charge in [-0.25, -0.2) is 0 Å². The fourth-order valence-corrected chi connectivity index (χ4v) is 5.00. The van der Waals surface area contributed by atoms with Crippen molar-refractivity contribution in [3.8, 4) is 11.4 Å². The van der Waals surface area contributed by atoms with Gasteiger partial charge < -0.3 is 9.13 Å². The highest BCUT2D eigenvalue weighted by atomic mass is 15.1. The Morgan fingerprint density at radius 3 is 2.09 bits per heavy atom. The summed E-state index contributed by atoms with van der Waals surface area (Å²) in [5.74, 6) is 0. The van der Waals surface area contributed by atoms with Crippen LogP contribution in [0, 0.1) is 6.92 Å². The highest BCUT2D eigenvalue weighted by Gasteiger charge is 2.22. The molecule has 0 N–H and O–H groups in total. The maximum Gasteiger partial charge on any atom is 0.117 e. The number of aryl methyl sites for hydroxylation is 1. The Morgan fingerprint density at radius 1 is 0.545 bits per heavy atom. The minimum absolute atomic E-state index is 0.915. The zero-order chi connectivity index (χ0) is 21.9. The highest BCUT2D eigenvalue weighted by Crippen LogP contribution is 2.39. The van der Waals surface area contributed by atoms with E-state index in [4.69, 9.17) is 9.97 Å². The van der Waals surface area contributed by atoms with Crippen LogP contribution < -0.4 is 0 Å². The van der Waals surface area contributed by atoms with Crippen molar-refractivity contribution in [2.24, 2.45) is 0 Å². The molecule has 7 rings (SSSR count). The second-order valence-corrected chi connectivity index (χ2v) is 8.45. The molecule has 0 fully saturated rings. The van der Waals surface area contributed by atoms with E-state index in [2.05, 4.69) is 101 Å². The molecule has 0 aliphatic heterocycles. The number of rotatable bonds is 2. The van der Waals surface area contributed by atoms with E-state index >= 15 is 0 Å². The van der Waals surface area contributed by atoms with Crippen LogP contribution in [0.4, 0.5) is 0 Å². The van der Waals surface area contributed by atoms with Crippen molar-refractivity contribution in [1.29, 1.82) is 0 Å². The lowest BCUT2D eigenvalue weighted by Crippen LogP contribution is -1.99. The first-order valence-corrected chi connectivity index (χ1v) is 11.1. The van der Waals surface area contributed by atoms with Crippen molar-refractivity contribution in [3.63, 3.8) is 0 Å². The van der Waals surface area contributed by atoms with Gasteiger partial charge in [0.05, 0.1) is 22.1 Å². The van der Waals surface area contributed by atoms with E-state index in [-0.39, 0.29) is 0 Å². The molecule has 33 heavy (non-hydrogen) atoms. The van der Waals surface area contributed by atoms with Crippen molar-refractivity contribution in [3.05, 3.63) is 109 Å². The first-order chi connectivity index (χ1) is 16.3. The van der Waals surface area contributed by atoms with Crippen molar-refractivity contribution in [2.75, 3.05) is 0 Å². The third-order valence-electron chi connectivity index (χ3n) is 6.47. The van der Waals surface area contributed by atoms with Crippen LogP contribution in [0.2, 0.25) is 0 Å². The molecule has 3 aromatic carbocycles. The van der Waals surface area contributed by atoms with Gasteiger partial charge in [-0.1, -0.05) is 54.1 Å². The largest absolute Gasteiger partial charge is 0.307 e. The van der Waals surface area contributed by atoms with E-state index in [0.717, 1.165) is 44.3 Å². The van der Waals surface area contributed by atoms with E-state index in [1.165, 1.54) is 16.5 Å². The van der Waals surface area contributed by atoms with E-state index in [1.54, 1.807) is 0 Å². The second-order valence-electron chi connectivity index (χ2n) is 8.45. The molecule has 0 radical (unpaired) electrons. The molecule has 0 amide bonds. The number of pyridine rings is 2. The second kappa shape index (κ2) is 6.78. The first-order valence-electron chi connectivity index (χ1n) is 11.1. The number of nitrogens with zero attached hydrogens (tertiary/aromatic N) is 4. The molecule has 0 aliphatic carbocycles. The molecule has 156 valence electrons. The van der Waals surface area contributed by atoms with Gasteiger partial charge in [-0.3, -0.25) is 9.97 Å². The average Bonchev–Trinajstić information content (AvgIpc) is 3.38. The Bertz CT molecular complexity index is 1810. The smallest absolute Gasteiger partial charge is 0.117 e. The molecule has 4 aromatic heterocycles. The van der Waals surface area contributed by atoms with Gasteiger partial charge in [0, 0.05) is 34.5 Å². The Hall–Kier alpha value is -4.44. The number of fused-ring (bicyclic) bond motifs is 7. The molecule has 0 spiro atoms. The molecule has 0 aliphatic rings. The summed E-state index contributed by atoms with van der Waals surface area (Å²) in [6.45, 7) is 2.12. The monoisotopic (exact) mass is 424 g/mol. The average molecular weight is 425 g/mol. The van der Waals surface area contributed by atoms with Crippen LogP contribution in [0.15, 0.2) is 103 Å². The van der Waals surface area contributed by atoms with Gasteiger partial charge >= 0.3 is 0 Å². The number of hydrogen-bond acceptors (Lipinski definition) is 2. The van der Waals surface area contributed by atoms with Gasteiger partial charge in [-0.2, -0.15) is 0 Å². The molecule has 0 bridgehead atoms. The summed E-state index contributed by atoms with van der Waals surface area (Å²) in [7, 11) is 0. The Morgan fingerprint density at radius 2 is 1.24 bits per heavy atom. The predicted molar refractivity (Wildman–Crippen MR) is 135 cm³/mol. The van der Waals surface area contributed by atoms with Gasteiger partial charge in [0.15, 0.2) is 0 Å². The first kappa shape index (κ1) is 18.2. The van der Waals surface area contributed by atoms with E-state index in [9.17, 15) is 0 Å². The van der Waals surface area contributed by atoms with Crippen molar-refractivity contribution in [1.82, 2.24) is 19.1 Å². The van der Waals surface area contributed by atoms with Gasteiger partial charge in [0.25, 0.3) is 0 Å². The van der Waals surface area contributed by atoms with Crippen LogP contribution in [-0.2, 0) is 0 Å². The lowest BCUT2D eigenvalue weighted by Gasteiger charge is -2.12. The number of hydrogen-bond donors (Lipinski definition) is 0. The molecular weight excluding hydrogens is 404 g/mol. The fourth-order valence-electron chi connectivity index (χ4n) is 5.00. The molecule has 4 heteroatoms. The molecule has 0 atom stereocenters. The molecule has 0 saturated heterocycles. The summed E-state index contributed by atoms with van der Waals surface area (Å²) in [4.78, 5) is 9.71. The third kappa shape index (κ3) is 2.52. The third-order valence-corrected chi connectivity index (χ3v) is 6.47. The zero-order valence-electron chi connectivity index (χ0n) is 18.1. The summed E-state index contributed by atoms with van der Waals surface area (Å²) < 4.78 is 4.67. The molecule has 0 saturated carbocycles. The normalized spacial score (nSPS) is 11.8. The van der Waals surface area contributed by atoms with E-state index in [0.29, 0.717) is 0 Å². The number of aromatic nitrogens is 4. The maximum absolute atomic E-state index is 4.96. The van der Waals surface area contributed by atoms with Crippen LogP contribution in [-0.4, -0.2) is 19.1 Å². The van der Waals surface area contributed by atoms with Crippen molar-refractivity contribution < 1.29 is 0 Å². The van der Waals surface area contributed by atoms with Gasteiger partial charge in [0.2, 0.25) is 0 Å². The van der Waals surface area contributed by atoms with Gasteiger partial charge in [-0.05, 0) is 49.4 Å². The van der Waals surface area contributed by atoms with Crippen molar-refractivity contribution >= 4 is 43.9 Å². The molecular formula is C29H20N4. The minimum atomic E-state index is 0.915. The SMILES string of the molecule is Cc1ccc(-n2c3cccnc3c3ncc4c5ccccc5n(-c5ccccc5)c4c32)cc1. The Balaban J connectivity index is 1.78. The zero-order valence-corrected chi connectivity index (χ0v) is 18.1. The van der Waals surface area contributed by atoms with Crippen LogP contribution in [0.3, 0.4) is 0 Å². The lowest BCUT2D eigenvalue weighted by atomic mass is 10.2. The van der Waals surface area contributed by atoms with Crippen LogP contribution in [0.25, 0.3) is 55.2 Å². The molecule has 4 nitrogen and oxygen atoms in total. The topological polar surface area (TPSA) is 35.6 Å². The predicted octanol–water partition coefficient (Wildman–Crippen LogP) is 6.98. The standard InChI is InChI=1S/C29H20N4/c1-19-13-15-21(16-14-19)33-25-12-7-17-30-26(25)27-29(33)28-23(18-31-27)22-10-5-6-11-24(22)32(28)20-8-3-2-4-9-20/h2-18H,1H3. The van der Waals surface area contributed by atoms with Crippen molar-refractivity contribution in [2.45, 2.75) is 6.92 Å². The Labute approximate surface area is 190 Å². The van der Waals surface area contributed by atoms with E-state index in [1.807, 2.05) is 18.5 Å². The summed E-state index contributed by atoms with van der Waals surface area (Å²) in [5, 5.41) is 2.33. The Kier molecular flexibility index (Phi) is 3.73. The molecule has 7 aromatic rings. The molecule has 4 heterocycles. The fraction of sp³-hybridized carbons (Fsp3) is 0.0345. The summed E-state index contributed by atoms with van der Waals surface area (Å²) in [5.41, 5.74) is 9.74. The van der Waals surface area contributed by atoms with Gasteiger partial charge in [-0.15, -0.1) is 0 Å².